The van der Waals surface area contributed by atoms with Crippen molar-refractivity contribution in [2.75, 3.05) is 0 Å². The molecule has 6 heteroatoms. The van der Waals surface area contributed by atoms with Crippen molar-refractivity contribution in [3.8, 4) is 0 Å². The van der Waals surface area contributed by atoms with Gasteiger partial charge in [0.05, 0.1) is 17.6 Å². The number of aromatic nitrogens is 2. The van der Waals surface area contributed by atoms with E-state index in [0.717, 1.165) is 30.2 Å². The number of fused-ring (bicyclic) bond motifs is 1. The molecule has 3 rings (SSSR count). The Morgan fingerprint density at radius 2 is 2.04 bits per heavy atom. The minimum Gasteiger partial charge on any atom is -0.480 e. The predicted octanol–water partition coefficient (Wildman–Crippen LogP) is 2.65. The van der Waals surface area contributed by atoms with Crippen LogP contribution in [-0.2, 0) is 16.0 Å². The van der Waals surface area contributed by atoms with Crippen LogP contribution in [0.4, 0.5) is 0 Å². The summed E-state index contributed by atoms with van der Waals surface area (Å²) in [5, 5.41) is 20.4. The van der Waals surface area contributed by atoms with Crippen LogP contribution >= 0.6 is 0 Å². The number of nitrogens with one attached hydrogen (secondary N) is 2. The van der Waals surface area contributed by atoms with E-state index in [2.05, 4.69) is 22.4 Å². The molecular weight excluding hydrogens is 306 g/mol. The van der Waals surface area contributed by atoms with Gasteiger partial charge in [-0.1, -0.05) is 31.5 Å². The number of carboxylic acid groups (broad SMARTS) is 1. The van der Waals surface area contributed by atoms with Gasteiger partial charge in [0.2, 0.25) is 5.91 Å². The number of para-hydroxylation sites is 1. The molecule has 3 N–H and O–H groups in total. The van der Waals surface area contributed by atoms with E-state index < -0.39 is 11.5 Å². The first-order valence-corrected chi connectivity index (χ1v) is 8.50. The average molecular weight is 329 g/mol. The van der Waals surface area contributed by atoms with Gasteiger partial charge < -0.3 is 10.4 Å². The monoisotopic (exact) mass is 329 g/mol. The van der Waals surface area contributed by atoms with E-state index in [1.807, 2.05) is 24.3 Å². The summed E-state index contributed by atoms with van der Waals surface area (Å²) < 4.78 is 0. The van der Waals surface area contributed by atoms with Gasteiger partial charge in [0.1, 0.15) is 5.54 Å². The molecule has 24 heavy (non-hydrogen) atoms. The molecule has 0 spiro atoms. The zero-order valence-corrected chi connectivity index (χ0v) is 13.8. The number of hydrogen-bond acceptors (Lipinski definition) is 3. The first kappa shape index (κ1) is 16.5. The maximum Gasteiger partial charge on any atom is 0.329 e. The summed E-state index contributed by atoms with van der Waals surface area (Å²) >= 11 is 0. The van der Waals surface area contributed by atoms with Crippen LogP contribution in [0.1, 0.15) is 44.7 Å². The Balaban J connectivity index is 1.71. The van der Waals surface area contributed by atoms with Gasteiger partial charge in [-0.2, -0.15) is 5.10 Å². The van der Waals surface area contributed by atoms with E-state index in [4.69, 9.17) is 0 Å². The Morgan fingerprint density at radius 1 is 1.33 bits per heavy atom. The molecule has 1 fully saturated rings. The molecule has 0 bridgehead atoms. The first-order valence-electron chi connectivity index (χ1n) is 8.50. The number of aliphatic carboxylic acids is 1. The van der Waals surface area contributed by atoms with Crippen molar-refractivity contribution in [3.05, 3.63) is 30.0 Å². The highest BCUT2D eigenvalue weighted by molar-refractivity contribution is 5.91. The average Bonchev–Trinajstić information content (AvgIpc) is 2.98. The molecule has 0 aliphatic heterocycles. The molecular formula is C18H23N3O3. The molecule has 0 saturated heterocycles. The van der Waals surface area contributed by atoms with E-state index in [1.165, 1.54) is 0 Å². The maximum atomic E-state index is 12.5. The van der Waals surface area contributed by atoms with Gasteiger partial charge in [0, 0.05) is 5.39 Å². The molecule has 0 radical (unpaired) electrons. The Bertz CT molecular complexity index is 745. The third-order valence-corrected chi connectivity index (χ3v) is 5.20. The number of hydrogen-bond donors (Lipinski definition) is 3. The zero-order valence-electron chi connectivity index (χ0n) is 13.8. The fourth-order valence-corrected chi connectivity index (χ4v) is 3.59. The van der Waals surface area contributed by atoms with E-state index in [0.29, 0.717) is 24.5 Å². The van der Waals surface area contributed by atoms with Crippen molar-refractivity contribution in [2.45, 2.75) is 51.0 Å². The van der Waals surface area contributed by atoms with Gasteiger partial charge in [0.15, 0.2) is 0 Å². The lowest BCUT2D eigenvalue weighted by Crippen LogP contribution is -2.56. The second kappa shape index (κ2) is 6.63. The predicted molar refractivity (Wildman–Crippen MR) is 90.6 cm³/mol. The molecule has 1 aliphatic rings. The third-order valence-electron chi connectivity index (χ3n) is 5.20. The van der Waals surface area contributed by atoms with Gasteiger partial charge in [-0.3, -0.25) is 9.89 Å². The molecule has 1 saturated carbocycles. The normalized spacial score (nSPS) is 24.0. The Morgan fingerprint density at radius 3 is 2.71 bits per heavy atom. The van der Waals surface area contributed by atoms with Gasteiger partial charge in [0.25, 0.3) is 0 Å². The fourth-order valence-electron chi connectivity index (χ4n) is 3.59. The summed E-state index contributed by atoms with van der Waals surface area (Å²) in [4.78, 5) is 24.2. The van der Waals surface area contributed by atoms with Gasteiger partial charge in [-0.25, -0.2) is 4.79 Å². The standard InChI is InChI=1S/C18H23N3O3/c1-2-12-7-9-18(10-8-12,17(23)24)19-16(22)11-15-13-5-3-4-6-14(13)20-21-15/h3-6,12H,2,7-11H2,1H3,(H,19,22)(H,20,21)(H,23,24). The molecule has 1 aliphatic carbocycles. The van der Waals surface area contributed by atoms with Crippen molar-refractivity contribution >= 4 is 22.8 Å². The minimum atomic E-state index is -1.13. The van der Waals surface area contributed by atoms with E-state index in [9.17, 15) is 14.7 Å². The van der Waals surface area contributed by atoms with Crippen molar-refractivity contribution in [1.82, 2.24) is 15.5 Å². The van der Waals surface area contributed by atoms with Crippen LogP contribution in [0.25, 0.3) is 10.9 Å². The minimum absolute atomic E-state index is 0.104. The topological polar surface area (TPSA) is 95.1 Å². The van der Waals surface area contributed by atoms with Crippen LogP contribution in [0, 0.1) is 5.92 Å². The van der Waals surface area contributed by atoms with Gasteiger partial charge >= 0.3 is 5.97 Å². The summed E-state index contributed by atoms with van der Waals surface area (Å²) in [6, 6.07) is 7.56. The summed E-state index contributed by atoms with van der Waals surface area (Å²) in [6.45, 7) is 2.13. The highest BCUT2D eigenvalue weighted by Crippen LogP contribution is 2.34. The molecule has 1 heterocycles. The van der Waals surface area contributed by atoms with Crippen LogP contribution < -0.4 is 5.32 Å². The van der Waals surface area contributed by atoms with Crippen molar-refractivity contribution in [2.24, 2.45) is 5.92 Å². The summed E-state index contributed by atoms with van der Waals surface area (Å²) in [7, 11) is 0. The number of rotatable bonds is 5. The molecule has 6 nitrogen and oxygen atoms in total. The number of H-pyrrole nitrogens is 1. The van der Waals surface area contributed by atoms with Crippen molar-refractivity contribution in [1.29, 1.82) is 0 Å². The quantitative estimate of drug-likeness (QED) is 0.786. The number of aromatic amines is 1. The van der Waals surface area contributed by atoms with Crippen LogP contribution in [0.5, 0.6) is 0 Å². The van der Waals surface area contributed by atoms with Crippen LogP contribution in [0.15, 0.2) is 24.3 Å². The fraction of sp³-hybridized carbons (Fsp3) is 0.500. The molecule has 1 aromatic heterocycles. The Kier molecular flexibility index (Phi) is 4.55. The number of amides is 1. The Hall–Kier alpha value is -2.37. The van der Waals surface area contributed by atoms with E-state index in [-0.39, 0.29) is 12.3 Å². The zero-order chi connectivity index (χ0) is 17.2. The summed E-state index contributed by atoms with van der Waals surface area (Å²) in [5.74, 6) is -0.646. The largest absolute Gasteiger partial charge is 0.480 e. The lowest BCUT2D eigenvalue weighted by Gasteiger charge is -2.37. The lowest BCUT2D eigenvalue weighted by atomic mass is 9.75. The Labute approximate surface area is 140 Å². The molecule has 1 amide bonds. The first-order chi connectivity index (χ1) is 11.5. The summed E-state index contributed by atoms with van der Waals surface area (Å²) in [5.41, 5.74) is 0.390. The van der Waals surface area contributed by atoms with Crippen molar-refractivity contribution in [3.63, 3.8) is 0 Å². The van der Waals surface area contributed by atoms with E-state index >= 15 is 0 Å². The maximum absolute atomic E-state index is 12.5. The van der Waals surface area contributed by atoms with Gasteiger partial charge in [-0.05, 0) is 37.7 Å². The molecule has 128 valence electrons. The smallest absolute Gasteiger partial charge is 0.329 e. The second-order valence-electron chi connectivity index (χ2n) is 6.68. The third kappa shape index (κ3) is 3.13. The molecule has 2 aromatic rings. The highest BCUT2D eigenvalue weighted by atomic mass is 16.4. The van der Waals surface area contributed by atoms with E-state index in [1.54, 1.807) is 0 Å². The van der Waals surface area contributed by atoms with Crippen LogP contribution in [0.2, 0.25) is 0 Å². The number of carbonyl (C=O) groups excluding carboxylic acids is 1. The lowest BCUT2D eigenvalue weighted by molar-refractivity contribution is -0.149. The number of nitrogens with zero attached hydrogens (tertiary/aromatic N) is 1. The second-order valence-corrected chi connectivity index (χ2v) is 6.68. The SMILES string of the molecule is CCC1CCC(NC(=O)Cc2[nH]nc3ccccc23)(C(=O)O)CC1. The van der Waals surface area contributed by atoms with Crippen molar-refractivity contribution < 1.29 is 14.7 Å². The summed E-state index contributed by atoms with van der Waals surface area (Å²) in [6.07, 6.45) is 3.84. The number of carbonyl (C=O) groups is 2. The molecule has 0 atom stereocenters. The van der Waals surface area contributed by atoms with Gasteiger partial charge in [-0.15, -0.1) is 0 Å². The molecule has 0 unspecified atom stereocenters. The van der Waals surface area contributed by atoms with Crippen LogP contribution in [0.3, 0.4) is 0 Å². The highest BCUT2D eigenvalue weighted by Gasteiger charge is 2.42. The number of benzene rings is 1. The van der Waals surface area contributed by atoms with Crippen LogP contribution in [-0.4, -0.2) is 32.7 Å². The number of carboxylic acids is 1. The molecule has 1 aromatic carbocycles.